The Kier molecular flexibility index (Phi) is 2.85. The monoisotopic (exact) mass is 175 g/mol. The topological polar surface area (TPSA) is 67.9 Å². The Labute approximate surface area is 67.7 Å². The normalized spacial score (nSPS) is 9.55. The number of rotatable bonds is 3. The molecule has 0 aromatic carbocycles. The minimum Gasteiger partial charge on any atom is -0.453 e. The van der Waals surface area contributed by atoms with Gasteiger partial charge in [0.25, 0.3) is 0 Å². The molecule has 0 aliphatic heterocycles. The van der Waals surface area contributed by atoms with Gasteiger partial charge >= 0.3 is 5.43 Å². The summed E-state index contributed by atoms with van der Waals surface area (Å²) >= 11 is 4.91. The summed E-state index contributed by atoms with van der Waals surface area (Å²) in [7, 11) is 0. The lowest BCUT2D eigenvalue weighted by Gasteiger charge is -1.95. The maximum Gasteiger partial charge on any atom is 0.403 e. The van der Waals surface area contributed by atoms with E-state index in [0.29, 0.717) is 6.42 Å². The van der Waals surface area contributed by atoms with Gasteiger partial charge in [-0.2, -0.15) is 15.4 Å². The molecule has 0 aliphatic carbocycles. The molecule has 0 saturated carbocycles. The van der Waals surface area contributed by atoms with Crippen molar-refractivity contribution < 1.29 is 9.53 Å². The zero-order chi connectivity index (χ0) is 8.10. The molecule has 1 aromatic heterocycles. The molecule has 0 spiro atoms. The van der Waals surface area contributed by atoms with Gasteiger partial charge in [0.1, 0.15) is 0 Å². The molecule has 11 heavy (non-hydrogen) atoms. The molecule has 1 N–H and O–H groups in total. The first-order valence-electron chi connectivity index (χ1n) is 2.96. The molecule has 0 radical (unpaired) electrons. The van der Waals surface area contributed by atoms with E-state index in [9.17, 15) is 4.79 Å². The number of H-pyrrole nitrogens is 1. The van der Waals surface area contributed by atoms with Crippen LogP contribution in [0.25, 0.3) is 0 Å². The first-order valence-corrected chi connectivity index (χ1v) is 3.34. The molecule has 6 heteroatoms. The van der Waals surface area contributed by atoms with Crippen LogP contribution in [0.2, 0.25) is 0 Å². The third kappa shape index (κ3) is 2.99. The van der Waals surface area contributed by atoms with Gasteiger partial charge in [-0.1, -0.05) is 0 Å². The summed E-state index contributed by atoms with van der Waals surface area (Å²) in [5.74, 6) is 0. The maximum absolute atomic E-state index is 10.1. The molecule has 0 bridgehead atoms. The second-order valence-electron chi connectivity index (χ2n) is 1.80. The van der Waals surface area contributed by atoms with E-state index in [1.807, 2.05) is 0 Å². The molecule has 0 saturated heterocycles. The summed E-state index contributed by atoms with van der Waals surface area (Å²) in [4.78, 5) is 10.1. The summed E-state index contributed by atoms with van der Waals surface area (Å²) in [5, 5.41) is 9.75. The van der Waals surface area contributed by atoms with Gasteiger partial charge < -0.3 is 4.74 Å². The van der Waals surface area contributed by atoms with Gasteiger partial charge in [0.05, 0.1) is 18.5 Å². The van der Waals surface area contributed by atoms with Crippen molar-refractivity contribution in [3.63, 3.8) is 0 Å². The van der Waals surface area contributed by atoms with Crippen LogP contribution in [0.15, 0.2) is 6.20 Å². The highest BCUT2D eigenvalue weighted by Gasteiger charge is 1.98. The number of carbonyl (C=O) groups is 1. The Hall–Kier alpha value is -1.10. The highest BCUT2D eigenvalue weighted by molar-refractivity contribution is 6.61. The van der Waals surface area contributed by atoms with Crippen LogP contribution < -0.4 is 0 Å². The van der Waals surface area contributed by atoms with E-state index in [1.165, 1.54) is 0 Å². The Balaban J connectivity index is 2.19. The second-order valence-corrected chi connectivity index (χ2v) is 2.11. The quantitative estimate of drug-likeness (QED) is 0.688. The van der Waals surface area contributed by atoms with Gasteiger partial charge in [-0.15, -0.1) is 0 Å². The Morgan fingerprint density at radius 2 is 2.64 bits per heavy atom. The standard InChI is InChI=1S/C5H6ClN3O2/c6-5(10)11-2-1-4-3-7-9-8-4/h3H,1-2H2,(H,7,8,9). The Bertz CT molecular complexity index is 224. The molecular formula is C5H6ClN3O2. The number of hydrogen-bond acceptors (Lipinski definition) is 4. The van der Waals surface area contributed by atoms with Crippen LogP contribution in [0, 0.1) is 0 Å². The van der Waals surface area contributed by atoms with Crippen molar-refractivity contribution in [2.45, 2.75) is 6.42 Å². The van der Waals surface area contributed by atoms with E-state index in [-0.39, 0.29) is 6.61 Å². The van der Waals surface area contributed by atoms with Crippen LogP contribution in [0.5, 0.6) is 0 Å². The zero-order valence-corrected chi connectivity index (χ0v) is 6.34. The first-order chi connectivity index (χ1) is 5.29. The molecule has 0 fully saturated rings. The first kappa shape index (κ1) is 8.00. The van der Waals surface area contributed by atoms with Crippen LogP contribution >= 0.6 is 11.6 Å². The van der Waals surface area contributed by atoms with Crippen LogP contribution in [0.4, 0.5) is 4.79 Å². The predicted molar refractivity (Wildman–Crippen MR) is 37.3 cm³/mol. The predicted octanol–water partition coefficient (Wildman–Crippen LogP) is 0.723. The number of aromatic nitrogens is 3. The lowest BCUT2D eigenvalue weighted by Crippen LogP contribution is -2.00. The summed E-state index contributed by atoms with van der Waals surface area (Å²) in [6.07, 6.45) is 2.08. The van der Waals surface area contributed by atoms with Gasteiger partial charge in [0, 0.05) is 18.0 Å². The fourth-order valence-corrected chi connectivity index (χ4v) is 0.659. The largest absolute Gasteiger partial charge is 0.453 e. The van der Waals surface area contributed by atoms with Gasteiger partial charge in [-0.25, -0.2) is 4.79 Å². The Morgan fingerprint density at radius 3 is 3.18 bits per heavy atom. The smallest absolute Gasteiger partial charge is 0.403 e. The molecule has 1 heterocycles. The van der Waals surface area contributed by atoms with Gasteiger partial charge in [0.2, 0.25) is 0 Å². The molecule has 0 amide bonds. The van der Waals surface area contributed by atoms with Crippen molar-refractivity contribution in [1.29, 1.82) is 0 Å². The van der Waals surface area contributed by atoms with E-state index in [0.717, 1.165) is 5.69 Å². The van der Waals surface area contributed by atoms with Crippen LogP contribution in [0.3, 0.4) is 0 Å². The molecule has 1 rings (SSSR count). The highest BCUT2D eigenvalue weighted by Crippen LogP contribution is 1.93. The van der Waals surface area contributed by atoms with E-state index >= 15 is 0 Å². The minimum atomic E-state index is -0.798. The fourth-order valence-electron chi connectivity index (χ4n) is 0.582. The van der Waals surface area contributed by atoms with E-state index in [4.69, 9.17) is 11.6 Å². The summed E-state index contributed by atoms with van der Waals surface area (Å²) < 4.78 is 4.46. The summed E-state index contributed by atoms with van der Waals surface area (Å²) in [6, 6.07) is 0. The molecule has 5 nitrogen and oxygen atoms in total. The number of hydrogen-bond donors (Lipinski definition) is 1. The summed E-state index contributed by atoms with van der Waals surface area (Å²) in [5.41, 5.74) is -0.0589. The average molecular weight is 176 g/mol. The molecule has 60 valence electrons. The average Bonchev–Trinajstić information content (AvgIpc) is 2.39. The van der Waals surface area contributed by atoms with Gasteiger partial charge in [0.15, 0.2) is 0 Å². The number of halogens is 1. The maximum atomic E-state index is 10.1. The molecule has 0 atom stereocenters. The molecule has 0 aliphatic rings. The third-order valence-electron chi connectivity index (χ3n) is 1.04. The van der Waals surface area contributed by atoms with Crippen LogP contribution in [0.1, 0.15) is 5.69 Å². The van der Waals surface area contributed by atoms with Crippen LogP contribution in [-0.2, 0) is 11.2 Å². The zero-order valence-electron chi connectivity index (χ0n) is 5.58. The SMILES string of the molecule is O=C(Cl)OCCc1cn[nH]n1. The van der Waals surface area contributed by atoms with Crippen LogP contribution in [-0.4, -0.2) is 27.4 Å². The van der Waals surface area contributed by atoms with Crippen molar-refractivity contribution in [3.05, 3.63) is 11.9 Å². The molecular weight excluding hydrogens is 170 g/mol. The number of aromatic amines is 1. The lowest BCUT2D eigenvalue weighted by molar-refractivity contribution is 0.174. The van der Waals surface area contributed by atoms with Crippen molar-refractivity contribution in [1.82, 2.24) is 15.4 Å². The van der Waals surface area contributed by atoms with E-state index < -0.39 is 5.43 Å². The van der Waals surface area contributed by atoms with Crippen molar-refractivity contribution in [2.75, 3.05) is 6.61 Å². The number of ether oxygens (including phenoxy) is 1. The van der Waals surface area contributed by atoms with Gasteiger partial charge in [-0.05, 0) is 0 Å². The Morgan fingerprint density at radius 1 is 1.82 bits per heavy atom. The van der Waals surface area contributed by atoms with E-state index in [2.05, 4.69) is 20.1 Å². The number of nitrogens with one attached hydrogen (secondary N) is 1. The van der Waals surface area contributed by atoms with Crippen molar-refractivity contribution in [3.8, 4) is 0 Å². The van der Waals surface area contributed by atoms with E-state index in [1.54, 1.807) is 6.20 Å². The lowest BCUT2D eigenvalue weighted by atomic mass is 10.4. The molecule has 1 aromatic rings. The minimum absolute atomic E-state index is 0.231. The second kappa shape index (κ2) is 3.92. The van der Waals surface area contributed by atoms with Crippen molar-refractivity contribution >= 4 is 17.0 Å². The number of carbonyl (C=O) groups excluding carboxylic acids is 1. The third-order valence-corrected chi connectivity index (χ3v) is 1.15. The number of nitrogens with zero attached hydrogens (tertiary/aromatic N) is 2. The summed E-state index contributed by atoms with van der Waals surface area (Å²) in [6.45, 7) is 0.231. The highest BCUT2D eigenvalue weighted by atomic mass is 35.5. The molecule has 0 unspecified atom stereocenters. The fraction of sp³-hybridized carbons (Fsp3) is 0.400. The van der Waals surface area contributed by atoms with Gasteiger partial charge in [-0.3, -0.25) is 0 Å². The van der Waals surface area contributed by atoms with Crippen molar-refractivity contribution in [2.24, 2.45) is 0 Å².